The van der Waals surface area contributed by atoms with E-state index in [0.29, 0.717) is 4.90 Å². The van der Waals surface area contributed by atoms with Gasteiger partial charge in [-0.1, -0.05) is 0 Å². The standard InChI is InChI=1S/C10H15F3N2O3/c1-6(7(16)17)15(2)8(18)9(10(11,12)13)3-4-14-5-9/h6,14H,3-5H2,1-2H3,(H,16,17). The van der Waals surface area contributed by atoms with E-state index in [1.807, 2.05) is 0 Å². The molecule has 0 aromatic rings. The van der Waals surface area contributed by atoms with Crippen LogP contribution >= 0.6 is 0 Å². The molecule has 1 saturated heterocycles. The molecule has 18 heavy (non-hydrogen) atoms. The van der Waals surface area contributed by atoms with Gasteiger partial charge in [0.2, 0.25) is 5.91 Å². The van der Waals surface area contributed by atoms with Crippen molar-refractivity contribution in [1.29, 1.82) is 0 Å². The van der Waals surface area contributed by atoms with Crippen molar-refractivity contribution in [2.75, 3.05) is 20.1 Å². The van der Waals surface area contributed by atoms with E-state index in [1.54, 1.807) is 0 Å². The van der Waals surface area contributed by atoms with Gasteiger partial charge >= 0.3 is 12.1 Å². The molecule has 2 atom stereocenters. The number of aliphatic carboxylic acids is 1. The summed E-state index contributed by atoms with van der Waals surface area (Å²) in [4.78, 5) is 23.3. The lowest BCUT2D eigenvalue weighted by atomic mass is 9.84. The number of rotatable bonds is 3. The molecular formula is C10H15F3N2O3. The van der Waals surface area contributed by atoms with Gasteiger partial charge in [-0.25, -0.2) is 4.79 Å². The summed E-state index contributed by atoms with van der Waals surface area (Å²) in [6, 6.07) is -1.29. The summed E-state index contributed by atoms with van der Waals surface area (Å²) in [7, 11) is 1.08. The first-order valence-electron chi connectivity index (χ1n) is 5.41. The van der Waals surface area contributed by atoms with Gasteiger partial charge in [-0.2, -0.15) is 13.2 Å². The summed E-state index contributed by atoms with van der Waals surface area (Å²) >= 11 is 0. The number of nitrogens with one attached hydrogen (secondary N) is 1. The highest BCUT2D eigenvalue weighted by Crippen LogP contribution is 2.44. The second kappa shape index (κ2) is 4.75. The molecule has 2 N–H and O–H groups in total. The summed E-state index contributed by atoms with van der Waals surface area (Å²) in [5.41, 5.74) is -2.51. The van der Waals surface area contributed by atoms with Gasteiger partial charge in [-0.3, -0.25) is 4.79 Å². The first kappa shape index (κ1) is 14.7. The lowest BCUT2D eigenvalue weighted by Crippen LogP contribution is -2.55. The van der Waals surface area contributed by atoms with Crippen LogP contribution in [0.2, 0.25) is 0 Å². The minimum absolute atomic E-state index is 0.0839. The lowest BCUT2D eigenvalue weighted by Gasteiger charge is -2.34. The van der Waals surface area contributed by atoms with E-state index in [2.05, 4.69) is 5.32 Å². The molecule has 8 heteroatoms. The summed E-state index contributed by atoms with van der Waals surface area (Å²) < 4.78 is 39.2. The van der Waals surface area contributed by atoms with E-state index >= 15 is 0 Å². The molecule has 1 aliphatic heterocycles. The van der Waals surface area contributed by atoms with E-state index in [-0.39, 0.29) is 13.0 Å². The molecule has 5 nitrogen and oxygen atoms in total. The highest BCUT2D eigenvalue weighted by molar-refractivity contribution is 5.88. The molecule has 2 unspecified atom stereocenters. The quantitative estimate of drug-likeness (QED) is 0.780. The Labute approximate surface area is 102 Å². The fourth-order valence-electron chi connectivity index (χ4n) is 1.92. The number of likely N-dealkylation sites (N-methyl/N-ethyl adjacent to an activating group) is 1. The predicted octanol–water partition coefficient (Wildman–Crippen LogP) is 0.460. The van der Waals surface area contributed by atoms with Gasteiger partial charge in [0, 0.05) is 13.6 Å². The van der Waals surface area contributed by atoms with Gasteiger partial charge in [0.1, 0.15) is 6.04 Å². The molecule has 0 spiro atoms. The smallest absolute Gasteiger partial charge is 0.404 e. The van der Waals surface area contributed by atoms with Crippen molar-refractivity contribution in [1.82, 2.24) is 10.2 Å². The highest BCUT2D eigenvalue weighted by atomic mass is 19.4. The predicted molar refractivity (Wildman–Crippen MR) is 55.8 cm³/mol. The SMILES string of the molecule is CC(C(=O)O)N(C)C(=O)C1(C(F)(F)F)CCNC1. The van der Waals surface area contributed by atoms with Crippen molar-refractivity contribution in [3.05, 3.63) is 0 Å². The number of carbonyl (C=O) groups excluding carboxylic acids is 1. The minimum atomic E-state index is -4.69. The summed E-state index contributed by atoms with van der Waals surface area (Å²) in [6.07, 6.45) is -5.06. The van der Waals surface area contributed by atoms with Crippen LogP contribution in [0.25, 0.3) is 0 Å². The zero-order valence-electron chi connectivity index (χ0n) is 10.0. The van der Waals surface area contributed by atoms with Gasteiger partial charge in [-0.05, 0) is 19.9 Å². The van der Waals surface area contributed by atoms with Crippen molar-refractivity contribution in [3.8, 4) is 0 Å². The molecule has 1 heterocycles. The Bertz CT molecular complexity index is 351. The second-order valence-corrected chi connectivity index (χ2v) is 4.44. The fraction of sp³-hybridized carbons (Fsp3) is 0.800. The Kier molecular flexibility index (Phi) is 3.89. The van der Waals surface area contributed by atoms with Crippen LogP contribution in [0, 0.1) is 5.41 Å². The molecule has 0 radical (unpaired) electrons. The number of nitrogens with zero attached hydrogens (tertiary/aromatic N) is 1. The molecular weight excluding hydrogens is 253 g/mol. The van der Waals surface area contributed by atoms with Crippen LogP contribution < -0.4 is 5.32 Å². The second-order valence-electron chi connectivity index (χ2n) is 4.44. The largest absolute Gasteiger partial charge is 0.480 e. The maximum atomic E-state index is 13.1. The Balaban J connectivity index is 3.02. The number of hydrogen-bond donors (Lipinski definition) is 2. The number of halogens is 3. The van der Waals surface area contributed by atoms with E-state index in [4.69, 9.17) is 5.11 Å². The molecule has 0 saturated carbocycles. The third-order valence-corrected chi connectivity index (χ3v) is 3.37. The zero-order chi connectivity index (χ0) is 14.1. The maximum absolute atomic E-state index is 13.1. The monoisotopic (exact) mass is 268 g/mol. The summed E-state index contributed by atoms with van der Waals surface area (Å²) in [5.74, 6) is -2.54. The number of carboxylic acids is 1. The molecule has 104 valence electrons. The van der Waals surface area contributed by atoms with E-state index < -0.39 is 36.1 Å². The average molecular weight is 268 g/mol. The van der Waals surface area contributed by atoms with Crippen molar-refractivity contribution in [2.45, 2.75) is 25.6 Å². The number of carboxylic acid groups (broad SMARTS) is 1. The molecule has 1 amide bonds. The molecule has 0 aromatic carbocycles. The van der Waals surface area contributed by atoms with Crippen LogP contribution in [-0.4, -0.2) is 54.2 Å². The number of hydrogen-bond acceptors (Lipinski definition) is 3. The van der Waals surface area contributed by atoms with E-state index in [9.17, 15) is 22.8 Å². The third kappa shape index (κ3) is 2.29. The Morgan fingerprint density at radius 1 is 1.44 bits per heavy atom. The molecule has 0 aromatic heterocycles. The topological polar surface area (TPSA) is 69.6 Å². The van der Waals surface area contributed by atoms with Gasteiger partial charge in [-0.15, -0.1) is 0 Å². The van der Waals surface area contributed by atoms with E-state index in [1.165, 1.54) is 6.92 Å². The van der Waals surface area contributed by atoms with Crippen LogP contribution in [0.1, 0.15) is 13.3 Å². The lowest BCUT2D eigenvalue weighted by molar-refractivity contribution is -0.222. The van der Waals surface area contributed by atoms with Crippen LogP contribution in [0.3, 0.4) is 0 Å². The van der Waals surface area contributed by atoms with Gasteiger partial charge in [0.05, 0.1) is 0 Å². The molecule has 1 fully saturated rings. The Hall–Kier alpha value is -1.31. The summed E-state index contributed by atoms with van der Waals surface area (Å²) in [5, 5.41) is 11.2. The van der Waals surface area contributed by atoms with Gasteiger partial charge < -0.3 is 15.3 Å². The van der Waals surface area contributed by atoms with Crippen molar-refractivity contribution >= 4 is 11.9 Å². The van der Waals surface area contributed by atoms with Crippen LogP contribution in [0.15, 0.2) is 0 Å². The average Bonchev–Trinajstić information content (AvgIpc) is 2.75. The number of carbonyl (C=O) groups is 2. The van der Waals surface area contributed by atoms with Crippen molar-refractivity contribution in [3.63, 3.8) is 0 Å². The van der Waals surface area contributed by atoms with Crippen LogP contribution in [0.5, 0.6) is 0 Å². The zero-order valence-corrected chi connectivity index (χ0v) is 10.0. The van der Waals surface area contributed by atoms with Gasteiger partial charge in [0.15, 0.2) is 5.41 Å². The normalized spacial score (nSPS) is 25.8. The first-order chi connectivity index (χ1) is 8.13. The van der Waals surface area contributed by atoms with Crippen LogP contribution in [0.4, 0.5) is 13.2 Å². The number of alkyl halides is 3. The molecule has 1 rings (SSSR count). The Morgan fingerprint density at radius 2 is 2.00 bits per heavy atom. The minimum Gasteiger partial charge on any atom is -0.480 e. The van der Waals surface area contributed by atoms with Crippen molar-refractivity contribution < 1.29 is 27.9 Å². The summed E-state index contributed by atoms with van der Waals surface area (Å²) in [6.45, 7) is 0.749. The molecule has 1 aliphatic rings. The highest BCUT2D eigenvalue weighted by Gasteiger charge is 2.62. The van der Waals surface area contributed by atoms with E-state index in [0.717, 1.165) is 7.05 Å². The number of amides is 1. The maximum Gasteiger partial charge on any atom is 0.404 e. The van der Waals surface area contributed by atoms with Gasteiger partial charge in [0.25, 0.3) is 0 Å². The Morgan fingerprint density at radius 3 is 2.33 bits per heavy atom. The molecule has 0 aliphatic carbocycles. The van der Waals surface area contributed by atoms with Crippen molar-refractivity contribution in [2.24, 2.45) is 5.41 Å². The first-order valence-corrected chi connectivity index (χ1v) is 5.41. The molecule has 0 bridgehead atoms. The third-order valence-electron chi connectivity index (χ3n) is 3.37. The fourth-order valence-corrected chi connectivity index (χ4v) is 1.92. The van der Waals surface area contributed by atoms with Crippen LogP contribution in [-0.2, 0) is 9.59 Å².